The Hall–Kier alpha value is -0.0300. The van der Waals surface area contributed by atoms with E-state index in [1.807, 2.05) is 13.8 Å². The maximum Gasteiger partial charge on any atom is 0.227 e. The smallest absolute Gasteiger partial charge is 0.227 e. The Kier molecular flexibility index (Phi) is 12.8. The second-order valence-corrected chi connectivity index (χ2v) is 5.97. The van der Waals surface area contributed by atoms with Crippen molar-refractivity contribution in [1.29, 1.82) is 0 Å². The van der Waals surface area contributed by atoms with Crippen LogP contribution in [0.3, 0.4) is 0 Å². The van der Waals surface area contributed by atoms with E-state index in [0.29, 0.717) is 6.54 Å². The summed E-state index contributed by atoms with van der Waals surface area (Å²) in [6, 6.07) is 0. The number of hydrogen-bond acceptors (Lipinski definition) is 3. The van der Waals surface area contributed by atoms with Crippen LogP contribution in [0, 0.1) is 11.3 Å². The highest BCUT2D eigenvalue weighted by Gasteiger charge is 2.32. The van der Waals surface area contributed by atoms with Gasteiger partial charge in [0, 0.05) is 19.6 Å². The molecule has 1 fully saturated rings. The number of carbonyl (C=O) groups excluding carboxylic acids is 1. The van der Waals surface area contributed by atoms with Gasteiger partial charge in [-0.2, -0.15) is 0 Å². The number of piperidine rings is 1. The van der Waals surface area contributed by atoms with E-state index in [-0.39, 0.29) is 36.1 Å². The molecule has 128 valence electrons. The molecule has 1 rings (SSSR count). The van der Waals surface area contributed by atoms with E-state index in [0.717, 1.165) is 31.8 Å². The Morgan fingerprint density at radius 1 is 1.24 bits per heavy atom. The molecule has 0 saturated carbocycles. The van der Waals surface area contributed by atoms with E-state index in [2.05, 4.69) is 17.1 Å². The van der Waals surface area contributed by atoms with Crippen molar-refractivity contribution in [3.8, 4) is 0 Å². The van der Waals surface area contributed by atoms with Crippen LogP contribution in [0.4, 0.5) is 0 Å². The van der Waals surface area contributed by atoms with Crippen molar-refractivity contribution in [3.05, 3.63) is 0 Å². The van der Waals surface area contributed by atoms with E-state index < -0.39 is 0 Å². The molecule has 21 heavy (non-hydrogen) atoms. The highest BCUT2D eigenvalue weighted by Crippen LogP contribution is 2.24. The van der Waals surface area contributed by atoms with Crippen LogP contribution in [-0.4, -0.2) is 43.5 Å². The van der Waals surface area contributed by atoms with E-state index in [1.165, 1.54) is 25.9 Å². The first-order valence-corrected chi connectivity index (χ1v) is 7.78. The standard InChI is InChI=1S/C15H31N3O.2ClH/c1-4-15(5-2,12-16)14(19)17-8-11-18-9-6-13(3)7-10-18;;/h13H,4-12,16H2,1-3H3,(H,17,19);2*1H. The lowest BCUT2D eigenvalue weighted by atomic mass is 9.81. The summed E-state index contributed by atoms with van der Waals surface area (Å²) in [6.45, 7) is 10.9. The van der Waals surface area contributed by atoms with Gasteiger partial charge in [0.05, 0.1) is 5.41 Å². The summed E-state index contributed by atoms with van der Waals surface area (Å²) < 4.78 is 0. The van der Waals surface area contributed by atoms with Gasteiger partial charge in [0.25, 0.3) is 0 Å². The first kappa shape index (κ1) is 23.2. The summed E-state index contributed by atoms with van der Waals surface area (Å²) in [5, 5.41) is 3.07. The predicted octanol–water partition coefficient (Wildman–Crippen LogP) is 2.44. The second kappa shape index (κ2) is 11.5. The monoisotopic (exact) mass is 341 g/mol. The quantitative estimate of drug-likeness (QED) is 0.747. The van der Waals surface area contributed by atoms with Crippen LogP contribution in [0.1, 0.15) is 46.5 Å². The number of halogens is 2. The Balaban J connectivity index is 0. The third-order valence-corrected chi connectivity index (χ3v) is 4.82. The molecule has 1 amide bonds. The minimum Gasteiger partial charge on any atom is -0.354 e. The van der Waals surface area contributed by atoms with Gasteiger partial charge in [-0.05, 0) is 44.7 Å². The molecule has 0 spiro atoms. The van der Waals surface area contributed by atoms with Crippen LogP contribution >= 0.6 is 24.8 Å². The Bertz CT molecular complexity index is 270. The molecule has 6 heteroatoms. The maximum absolute atomic E-state index is 12.2. The van der Waals surface area contributed by atoms with Gasteiger partial charge in [-0.1, -0.05) is 20.8 Å². The fraction of sp³-hybridized carbons (Fsp3) is 0.933. The number of rotatable bonds is 7. The number of nitrogens with two attached hydrogens (primary N) is 1. The number of hydrogen-bond donors (Lipinski definition) is 2. The minimum atomic E-state index is -0.365. The average molecular weight is 342 g/mol. The zero-order valence-electron chi connectivity index (χ0n) is 13.7. The van der Waals surface area contributed by atoms with Crippen molar-refractivity contribution in [2.24, 2.45) is 17.1 Å². The molecule has 0 aromatic carbocycles. The summed E-state index contributed by atoms with van der Waals surface area (Å²) >= 11 is 0. The molecular weight excluding hydrogens is 309 g/mol. The molecule has 0 bridgehead atoms. The van der Waals surface area contributed by atoms with Crippen LogP contribution < -0.4 is 11.1 Å². The third kappa shape index (κ3) is 6.72. The van der Waals surface area contributed by atoms with Crippen LogP contribution in [0.5, 0.6) is 0 Å². The van der Waals surface area contributed by atoms with Crippen LogP contribution in [0.2, 0.25) is 0 Å². The normalized spacial score (nSPS) is 16.8. The van der Waals surface area contributed by atoms with Crippen molar-refractivity contribution in [2.75, 3.05) is 32.7 Å². The predicted molar refractivity (Wildman–Crippen MR) is 94.4 cm³/mol. The number of amides is 1. The van der Waals surface area contributed by atoms with Gasteiger partial charge in [0.15, 0.2) is 0 Å². The van der Waals surface area contributed by atoms with Crippen LogP contribution in [0.25, 0.3) is 0 Å². The van der Waals surface area contributed by atoms with Gasteiger partial charge in [0.1, 0.15) is 0 Å². The summed E-state index contributed by atoms with van der Waals surface area (Å²) in [6.07, 6.45) is 4.19. The van der Waals surface area contributed by atoms with Crippen LogP contribution in [-0.2, 0) is 4.79 Å². The van der Waals surface area contributed by atoms with E-state index in [1.54, 1.807) is 0 Å². The molecule has 0 atom stereocenters. The number of nitrogens with one attached hydrogen (secondary N) is 1. The van der Waals surface area contributed by atoms with Gasteiger partial charge >= 0.3 is 0 Å². The van der Waals surface area contributed by atoms with E-state index in [4.69, 9.17) is 5.73 Å². The first-order valence-electron chi connectivity index (χ1n) is 7.78. The minimum absolute atomic E-state index is 0. The van der Waals surface area contributed by atoms with Crippen LogP contribution in [0.15, 0.2) is 0 Å². The molecular formula is C15H33Cl2N3O. The second-order valence-electron chi connectivity index (χ2n) is 5.97. The summed E-state index contributed by atoms with van der Waals surface area (Å²) in [5.74, 6) is 0.987. The lowest BCUT2D eigenvalue weighted by Crippen LogP contribution is -2.47. The van der Waals surface area contributed by atoms with Crippen molar-refractivity contribution in [1.82, 2.24) is 10.2 Å². The van der Waals surface area contributed by atoms with E-state index >= 15 is 0 Å². The van der Waals surface area contributed by atoms with Gasteiger partial charge in [-0.15, -0.1) is 24.8 Å². The lowest BCUT2D eigenvalue weighted by molar-refractivity contribution is -0.131. The zero-order chi connectivity index (χ0) is 14.3. The Morgan fingerprint density at radius 2 is 1.76 bits per heavy atom. The molecule has 0 aromatic heterocycles. The largest absolute Gasteiger partial charge is 0.354 e. The van der Waals surface area contributed by atoms with Gasteiger partial charge in [-0.3, -0.25) is 4.79 Å². The van der Waals surface area contributed by atoms with Gasteiger partial charge in [0.2, 0.25) is 5.91 Å². The molecule has 1 heterocycles. The molecule has 1 aliphatic rings. The Labute approximate surface area is 142 Å². The molecule has 3 N–H and O–H groups in total. The topological polar surface area (TPSA) is 58.4 Å². The molecule has 1 aliphatic heterocycles. The van der Waals surface area contributed by atoms with Crippen molar-refractivity contribution < 1.29 is 4.79 Å². The third-order valence-electron chi connectivity index (χ3n) is 4.82. The maximum atomic E-state index is 12.2. The summed E-state index contributed by atoms with van der Waals surface area (Å²) in [7, 11) is 0. The number of likely N-dealkylation sites (tertiary alicyclic amines) is 1. The fourth-order valence-electron chi connectivity index (χ4n) is 2.75. The van der Waals surface area contributed by atoms with Crippen molar-refractivity contribution >= 4 is 30.7 Å². The highest BCUT2D eigenvalue weighted by atomic mass is 35.5. The van der Waals surface area contributed by atoms with E-state index in [9.17, 15) is 4.79 Å². The summed E-state index contributed by atoms with van der Waals surface area (Å²) in [5.41, 5.74) is 5.42. The van der Waals surface area contributed by atoms with Gasteiger partial charge in [-0.25, -0.2) is 0 Å². The zero-order valence-corrected chi connectivity index (χ0v) is 15.3. The molecule has 0 aliphatic carbocycles. The summed E-state index contributed by atoms with van der Waals surface area (Å²) in [4.78, 5) is 14.7. The first-order chi connectivity index (χ1) is 9.07. The van der Waals surface area contributed by atoms with Crippen molar-refractivity contribution in [3.63, 3.8) is 0 Å². The molecule has 0 aromatic rings. The lowest BCUT2D eigenvalue weighted by Gasteiger charge is -2.32. The Morgan fingerprint density at radius 3 is 2.19 bits per heavy atom. The highest BCUT2D eigenvalue weighted by molar-refractivity contribution is 5.85. The van der Waals surface area contributed by atoms with Crippen molar-refractivity contribution in [2.45, 2.75) is 46.5 Å². The molecule has 0 unspecified atom stereocenters. The number of carbonyl (C=O) groups is 1. The molecule has 1 saturated heterocycles. The molecule has 0 radical (unpaired) electrons. The SMILES string of the molecule is CCC(CC)(CN)C(=O)NCCN1CCC(C)CC1.Cl.Cl. The number of nitrogens with zero attached hydrogens (tertiary/aromatic N) is 1. The average Bonchev–Trinajstić information content (AvgIpc) is 2.44. The fourth-order valence-corrected chi connectivity index (χ4v) is 2.75. The van der Waals surface area contributed by atoms with Gasteiger partial charge < -0.3 is 16.0 Å². The molecule has 4 nitrogen and oxygen atoms in total.